The number of H-pyrrole nitrogens is 1. The van der Waals surface area contributed by atoms with Crippen LogP contribution in [0.25, 0.3) is 11.4 Å². The quantitative estimate of drug-likeness (QED) is 0.599. The monoisotopic (exact) mass is 402 g/mol. The van der Waals surface area contributed by atoms with E-state index >= 15 is 0 Å². The molecule has 0 atom stereocenters. The van der Waals surface area contributed by atoms with Crippen molar-refractivity contribution in [2.45, 2.75) is 26.2 Å². The van der Waals surface area contributed by atoms with E-state index in [0.717, 1.165) is 17.1 Å². The Morgan fingerprint density at radius 3 is 2.47 bits per heavy atom. The van der Waals surface area contributed by atoms with Crippen LogP contribution < -0.4 is 10.2 Å². The summed E-state index contributed by atoms with van der Waals surface area (Å²) in [7, 11) is 0. The van der Waals surface area contributed by atoms with Crippen molar-refractivity contribution < 1.29 is 9.59 Å². The SMILES string of the molecule is Cc1nc(-c2ccc(NC(=O)CCC(=O)N(CCC#N)c3ccccc3)cc2)n[nH]1. The first-order valence-electron chi connectivity index (χ1n) is 9.58. The van der Waals surface area contributed by atoms with Crippen molar-refractivity contribution in [1.82, 2.24) is 15.2 Å². The summed E-state index contributed by atoms with van der Waals surface area (Å²) in [5.41, 5.74) is 2.19. The molecule has 1 heterocycles. The lowest BCUT2D eigenvalue weighted by Crippen LogP contribution is -2.32. The van der Waals surface area contributed by atoms with Crippen LogP contribution in [0.3, 0.4) is 0 Å². The lowest BCUT2D eigenvalue weighted by atomic mass is 10.2. The fraction of sp³-hybridized carbons (Fsp3) is 0.227. The van der Waals surface area contributed by atoms with Gasteiger partial charge < -0.3 is 10.2 Å². The summed E-state index contributed by atoms with van der Waals surface area (Å²) in [6, 6.07) is 18.4. The van der Waals surface area contributed by atoms with Crippen LogP contribution in [0.4, 0.5) is 11.4 Å². The van der Waals surface area contributed by atoms with Crippen molar-refractivity contribution in [2.75, 3.05) is 16.8 Å². The van der Waals surface area contributed by atoms with Gasteiger partial charge in [-0.3, -0.25) is 14.7 Å². The second-order valence-corrected chi connectivity index (χ2v) is 6.66. The van der Waals surface area contributed by atoms with Crippen LogP contribution >= 0.6 is 0 Å². The number of nitrogens with zero attached hydrogens (tertiary/aromatic N) is 4. The van der Waals surface area contributed by atoms with E-state index < -0.39 is 0 Å². The van der Waals surface area contributed by atoms with Gasteiger partial charge in [0.05, 0.1) is 12.5 Å². The number of hydrogen-bond donors (Lipinski definition) is 2. The zero-order valence-electron chi connectivity index (χ0n) is 16.6. The van der Waals surface area contributed by atoms with Crippen LogP contribution in [0, 0.1) is 18.3 Å². The van der Waals surface area contributed by atoms with E-state index in [9.17, 15) is 9.59 Å². The molecular formula is C22H22N6O2. The van der Waals surface area contributed by atoms with E-state index in [-0.39, 0.29) is 31.1 Å². The third kappa shape index (κ3) is 5.52. The lowest BCUT2D eigenvalue weighted by molar-refractivity contribution is -0.122. The number of nitrogens with one attached hydrogen (secondary N) is 2. The number of amides is 2. The summed E-state index contributed by atoms with van der Waals surface area (Å²) in [6.07, 6.45) is 0.334. The van der Waals surface area contributed by atoms with E-state index in [2.05, 4.69) is 26.6 Å². The molecule has 0 aliphatic rings. The first-order chi connectivity index (χ1) is 14.6. The highest BCUT2D eigenvalue weighted by molar-refractivity contribution is 5.98. The Hall–Kier alpha value is -3.99. The Morgan fingerprint density at radius 2 is 1.83 bits per heavy atom. The summed E-state index contributed by atoms with van der Waals surface area (Å²) in [5.74, 6) is 0.876. The number of para-hydroxylation sites is 1. The van der Waals surface area contributed by atoms with Crippen molar-refractivity contribution >= 4 is 23.2 Å². The smallest absolute Gasteiger partial charge is 0.227 e. The minimum Gasteiger partial charge on any atom is -0.326 e. The standard InChI is InChI=1S/C22H22N6O2/c1-16-24-22(27-26-16)17-8-10-18(11-9-17)25-20(29)12-13-21(30)28(15-5-14-23)19-6-3-2-4-7-19/h2-4,6-11H,5,12-13,15H2,1H3,(H,25,29)(H,24,26,27). The molecule has 3 aromatic rings. The van der Waals surface area contributed by atoms with E-state index in [1.165, 1.54) is 0 Å². The van der Waals surface area contributed by atoms with E-state index in [4.69, 9.17) is 5.26 Å². The molecule has 2 amide bonds. The number of carbonyl (C=O) groups is 2. The van der Waals surface area contributed by atoms with Gasteiger partial charge in [0, 0.05) is 36.3 Å². The van der Waals surface area contributed by atoms with Gasteiger partial charge in [-0.2, -0.15) is 10.4 Å². The minimum absolute atomic E-state index is 0.0522. The summed E-state index contributed by atoms with van der Waals surface area (Å²) < 4.78 is 0. The third-order valence-electron chi connectivity index (χ3n) is 4.41. The minimum atomic E-state index is -0.252. The van der Waals surface area contributed by atoms with Crippen molar-refractivity contribution in [1.29, 1.82) is 5.26 Å². The van der Waals surface area contributed by atoms with Crippen LogP contribution in [-0.2, 0) is 9.59 Å². The molecule has 8 nitrogen and oxygen atoms in total. The van der Waals surface area contributed by atoms with Gasteiger partial charge in [-0.25, -0.2) is 4.98 Å². The molecule has 2 N–H and O–H groups in total. The molecule has 0 saturated carbocycles. The van der Waals surface area contributed by atoms with Crippen molar-refractivity contribution in [3.63, 3.8) is 0 Å². The molecule has 0 radical (unpaired) electrons. The second kappa shape index (κ2) is 9.98. The molecule has 0 bridgehead atoms. The van der Waals surface area contributed by atoms with Gasteiger partial charge >= 0.3 is 0 Å². The Labute approximate surface area is 174 Å². The summed E-state index contributed by atoms with van der Waals surface area (Å²) >= 11 is 0. The van der Waals surface area contributed by atoms with Crippen molar-refractivity contribution in [2.24, 2.45) is 0 Å². The Bertz CT molecular complexity index is 1040. The number of aromatic nitrogens is 3. The van der Waals surface area contributed by atoms with Crippen LogP contribution in [0.15, 0.2) is 54.6 Å². The second-order valence-electron chi connectivity index (χ2n) is 6.66. The maximum atomic E-state index is 12.6. The zero-order valence-corrected chi connectivity index (χ0v) is 16.6. The fourth-order valence-corrected chi connectivity index (χ4v) is 2.92. The zero-order chi connectivity index (χ0) is 21.3. The summed E-state index contributed by atoms with van der Waals surface area (Å²) in [5, 5.41) is 18.5. The average molecular weight is 402 g/mol. The highest BCUT2D eigenvalue weighted by atomic mass is 16.2. The predicted octanol–water partition coefficient (Wildman–Crippen LogP) is 3.45. The molecule has 152 valence electrons. The van der Waals surface area contributed by atoms with Crippen LogP contribution in [-0.4, -0.2) is 33.5 Å². The molecule has 0 aliphatic heterocycles. The molecule has 0 unspecified atom stereocenters. The van der Waals surface area contributed by atoms with Gasteiger partial charge in [0.25, 0.3) is 0 Å². The Kier molecular flexibility index (Phi) is 6.90. The maximum Gasteiger partial charge on any atom is 0.227 e. The van der Waals surface area contributed by atoms with Crippen LogP contribution in [0.2, 0.25) is 0 Å². The Balaban J connectivity index is 1.55. The number of rotatable bonds is 8. The van der Waals surface area contributed by atoms with Crippen LogP contribution in [0.1, 0.15) is 25.1 Å². The number of aryl methyl sites for hydroxylation is 1. The Morgan fingerprint density at radius 1 is 1.10 bits per heavy atom. The number of anilines is 2. The lowest BCUT2D eigenvalue weighted by Gasteiger charge is -2.21. The summed E-state index contributed by atoms with van der Waals surface area (Å²) in [4.78, 5) is 30.7. The largest absolute Gasteiger partial charge is 0.326 e. The van der Waals surface area contributed by atoms with E-state index in [1.807, 2.05) is 49.4 Å². The molecule has 0 fully saturated rings. The van der Waals surface area contributed by atoms with Gasteiger partial charge in [0.1, 0.15) is 5.82 Å². The maximum absolute atomic E-state index is 12.6. The first kappa shape index (κ1) is 20.7. The molecule has 0 spiro atoms. The molecule has 0 saturated heterocycles. The number of benzene rings is 2. The number of hydrogen-bond acceptors (Lipinski definition) is 5. The van der Waals surface area contributed by atoms with Gasteiger partial charge in [-0.15, -0.1) is 0 Å². The molecule has 2 aromatic carbocycles. The van der Waals surface area contributed by atoms with Crippen molar-refractivity contribution in [3.05, 3.63) is 60.4 Å². The number of nitriles is 1. The molecule has 1 aromatic heterocycles. The third-order valence-corrected chi connectivity index (χ3v) is 4.41. The molecular weight excluding hydrogens is 380 g/mol. The fourth-order valence-electron chi connectivity index (χ4n) is 2.92. The predicted molar refractivity (Wildman–Crippen MR) is 113 cm³/mol. The number of aromatic amines is 1. The van der Waals surface area contributed by atoms with Crippen LogP contribution in [0.5, 0.6) is 0 Å². The van der Waals surface area contributed by atoms with Crippen molar-refractivity contribution in [3.8, 4) is 17.5 Å². The molecule has 30 heavy (non-hydrogen) atoms. The summed E-state index contributed by atoms with van der Waals surface area (Å²) in [6.45, 7) is 2.12. The van der Waals surface area contributed by atoms with Gasteiger partial charge in [0.15, 0.2) is 5.82 Å². The highest BCUT2D eigenvalue weighted by Crippen LogP contribution is 2.19. The van der Waals surface area contributed by atoms with Gasteiger partial charge in [0.2, 0.25) is 11.8 Å². The van der Waals surface area contributed by atoms with Gasteiger partial charge in [-0.1, -0.05) is 18.2 Å². The topological polar surface area (TPSA) is 115 Å². The van der Waals surface area contributed by atoms with E-state index in [1.54, 1.807) is 17.0 Å². The first-order valence-corrected chi connectivity index (χ1v) is 9.58. The highest BCUT2D eigenvalue weighted by Gasteiger charge is 2.16. The molecule has 8 heteroatoms. The van der Waals surface area contributed by atoms with Gasteiger partial charge in [-0.05, 0) is 43.3 Å². The average Bonchev–Trinajstić information content (AvgIpc) is 3.20. The normalized spacial score (nSPS) is 10.3. The molecule has 3 rings (SSSR count). The van der Waals surface area contributed by atoms with E-state index in [0.29, 0.717) is 18.1 Å². The molecule has 0 aliphatic carbocycles. The number of carbonyl (C=O) groups excluding carboxylic acids is 2.